The molecular formula is C23H29ClN2O4. The Bertz CT molecular complexity index is 776. The van der Waals surface area contributed by atoms with Crippen molar-refractivity contribution in [3.63, 3.8) is 0 Å². The van der Waals surface area contributed by atoms with Crippen molar-refractivity contribution >= 4 is 18.5 Å². The van der Waals surface area contributed by atoms with Gasteiger partial charge in [-0.2, -0.15) is 0 Å². The standard InChI is InChI=1S/C23H28N2O4.ClH/c26-23(28-17-18-4-2-1-3-5-18)25-12-10-19(11-13-25)16-27-20-6-8-21(9-7-20)29-22-14-24-15-22;/h1-9,19,22,24H,10-17H2;1H. The maximum atomic E-state index is 12.2. The average Bonchev–Trinajstić information content (AvgIpc) is 2.75. The van der Waals surface area contributed by atoms with Crippen molar-refractivity contribution in [3.8, 4) is 11.5 Å². The van der Waals surface area contributed by atoms with Gasteiger partial charge < -0.3 is 24.4 Å². The van der Waals surface area contributed by atoms with Crippen LogP contribution in [-0.2, 0) is 11.3 Å². The first-order chi connectivity index (χ1) is 14.3. The number of ether oxygens (including phenoxy) is 3. The molecule has 0 radical (unpaired) electrons. The zero-order valence-electron chi connectivity index (χ0n) is 17.0. The molecule has 0 saturated carbocycles. The summed E-state index contributed by atoms with van der Waals surface area (Å²) in [5.41, 5.74) is 1.00. The molecule has 2 aliphatic rings. The number of nitrogens with one attached hydrogen (secondary N) is 1. The van der Waals surface area contributed by atoms with Gasteiger partial charge in [-0.3, -0.25) is 0 Å². The maximum Gasteiger partial charge on any atom is 0.410 e. The highest BCUT2D eigenvalue weighted by Gasteiger charge is 2.24. The summed E-state index contributed by atoms with van der Waals surface area (Å²) < 4.78 is 17.2. The predicted octanol–water partition coefficient (Wildman–Crippen LogP) is 3.89. The first-order valence-electron chi connectivity index (χ1n) is 10.3. The van der Waals surface area contributed by atoms with E-state index in [9.17, 15) is 4.79 Å². The second-order valence-electron chi connectivity index (χ2n) is 7.65. The summed E-state index contributed by atoms with van der Waals surface area (Å²) in [6.45, 7) is 4.24. The summed E-state index contributed by atoms with van der Waals surface area (Å²) in [4.78, 5) is 14.0. The smallest absolute Gasteiger partial charge is 0.410 e. The van der Waals surface area contributed by atoms with Gasteiger partial charge in [0.2, 0.25) is 0 Å². The number of amides is 1. The summed E-state index contributed by atoms with van der Waals surface area (Å²) in [6.07, 6.45) is 1.91. The maximum absolute atomic E-state index is 12.2. The lowest BCUT2D eigenvalue weighted by molar-refractivity contribution is 0.0761. The summed E-state index contributed by atoms with van der Waals surface area (Å²) in [6, 6.07) is 17.6. The van der Waals surface area contributed by atoms with E-state index in [0.717, 1.165) is 43.0 Å². The minimum absolute atomic E-state index is 0. The van der Waals surface area contributed by atoms with Crippen LogP contribution in [0.2, 0.25) is 0 Å². The number of likely N-dealkylation sites (tertiary alicyclic amines) is 1. The molecule has 30 heavy (non-hydrogen) atoms. The summed E-state index contributed by atoms with van der Waals surface area (Å²) >= 11 is 0. The van der Waals surface area contributed by atoms with Crippen molar-refractivity contribution in [3.05, 3.63) is 60.2 Å². The molecule has 2 saturated heterocycles. The predicted molar refractivity (Wildman–Crippen MR) is 117 cm³/mol. The highest BCUT2D eigenvalue weighted by atomic mass is 35.5. The van der Waals surface area contributed by atoms with Crippen molar-refractivity contribution in [2.24, 2.45) is 5.92 Å². The van der Waals surface area contributed by atoms with Gasteiger partial charge in [0.1, 0.15) is 24.2 Å². The van der Waals surface area contributed by atoms with E-state index in [0.29, 0.717) is 32.2 Å². The van der Waals surface area contributed by atoms with E-state index in [4.69, 9.17) is 14.2 Å². The van der Waals surface area contributed by atoms with Crippen LogP contribution in [0.25, 0.3) is 0 Å². The fraction of sp³-hybridized carbons (Fsp3) is 0.435. The second kappa shape index (κ2) is 11.1. The van der Waals surface area contributed by atoms with Gasteiger partial charge in [0.05, 0.1) is 6.61 Å². The van der Waals surface area contributed by atoms with Crippen molar-refractivity contribution in [2.75, 3.05) is 32.8 Å². The number of carbonyl (C=O) groups is 1. The molecule has 1 N–H and O–H groups in total. The van der Waals surface area contributed by atoms with E-state index in [2.05, 4.69) is 5.32 Å². The summed E-state index contributed by atoms with van der Waals surface area (Å²) in [5, 5.41) is 3.19. The van der Waals surface area contributed by atoms with Gasteiger partial charge in [-0.1, -0.05) is 30.3 Å². The van der Waals surface area contributed by atoms with Crippen molar-refractivity contribution < 1.29 is 19.0 Å². The Morgan fingerprint density at radius 1 is 0.967 bits per heavy atom. The van der Waals surface area contributed by atoms with E-state index in [1.165, 1.54) is 0 Å². The van der Waals surface area contributed by atoms with Crippen LogP contribution in [0.15, 0.2) is 54.6 Å². The Balaban J connectivity index is 0.00000256. The molecule has 0 unspecified atom stereocenters. The van der Waals surface area contributed by atoms with Crippen molar-refractivity contribution in [1.82, 2.24) is 10.2 Å². The molecule has 0 aliphatic carbocycles. The molecule has 0 atom stereocenters. The number of benzene rings is 2. The average molecular weight is 433 g/mol. The van der Waals surface area contributed by atoms with Crippen LogP contribution in [-0.4, -0.2) is 49.9 Å². The van der Waals surface area contributed by atoms with Gasteiger partial charge >= 0.3 is 6.09 Å². The summed E-state index contributed by atoms with van der Waals surface area (Å²) in [5.74, 6) is 2.19. The molecule has 0 spiro atoms. The minimum atomic E-state index is -0.231. The third-order valence-corrected chi connectivity index (χ3v) is 5.43. The van der Waals surface area contributed by atoms with E-state index in [1.54, 1.807) is 4.90 Å². The van der Waals surface area contributed by atoms with E-state index in [1.807, 2.05) is 54.6 Å². The Kier molecular flexibility index (Phi) is 8.22. The fourth-order valence-electron chi connectivity index (χ4n) is 3.46. The number of nitrogens with zero attached hydrogens (tertiary/aromatic N) is 1. The fourth-order valence-corrected chi connectivity index (χ4v) is 3.46. The molecule has 7 heteroatoms. The highest BCUT2D eigenvalue weighted by molar-refractivity contribution is 5.85. The van der Waals surface area contributed by atoms with Gasteiger partial charge in [-0.15, -0.1) is 12.4 Å². The zero-order chi connectivity index (χ0) is 19.9. The number of carbonyl (C=O) groups excluding carboxylic acids is 1. The lowest BCUT2D eigenvalue weighted by atomic mass is 9.98. The molecule has 162 valence electrons. The summed E-state index contributed by atoms with van der Waals surface area (Å²) in [7, 11) is 0. The van der Waals surface area contributed by atoms with Crippen LogP contribution >= 0.6 is 12.4 Å². The second-order valence-corrected chi connectivity index (χ2v) is 7.65. The van der Waals surface area contributed by atoms with Crippen LogP contribution in [0.1, 0.15) is 18.4 Å². The molecule has 4 rings (SSSR count). The third-order valence-electron chi connectivity index (χ3n) is 5.43. The monoisotopic (exact) mass is 432 g/mol. The van der Waals surface area contributed by atoms with E-state index >= 15 is 0 Å². The molecule has 2 heterocycles. The van der Waals surface area contributed by atoms with E-state index < -0.39 is 0 Å². The number of hydrogen-bond donors (Lipinski definition) is 1. The lowest BCUT2D eigenvalue weighted by Crippen LogP contribution is -2.50. The van der Waals surface area contributed by atoms with Crippen LogP contribution in [0, 0.1) is 5.92 Å². The minimum Gasteiger partial charge on any atom is -0.493 e. The first kappa shape index (κ1) is 22.2. The van der Waals surface area contributed by atoms with Gasteiger partial charge in [0, 0.05) is 26.2 Å². The molecular weight excluding hydrogens is 404 g/mol. The highest BCUT2D eigenvalue weighted by Crippen LogP contribution is 2.23. The van der Waals surface area contributed by atoms with Crippen LogP contribution in [0.3, 0.4) is 0 Å². The number of piperidine rings is 1. The van der Waals surface area contributed by atoms with Gasteiger partial charge in [0.25, 0.3) is 0 Å². The van der Waals surface area contributed by atoms with E-state index in [-0.39, 0.29) is 24.6 Å². The Morgan fingerprint density at radius 3 is 2.27 bits per heavy atom. The van der Waals surface area contributed by atoms with Crippen molar-refractivity contribution in [1.29, 1.82) is 0 Å². The first-order valence-corrected chi connectivity index (χ1v) is 10.3. The number of halogens is 1. The molecule has 1 amide bonds. The Morgan fingerprint density at radius 2 is 1.63 bits per heavy atom. The topological polar surface area (TPSA) is 60.0 Å². The molecule has 0 aromatic heterocycles. The lowest BCUT2D eigenvalue weighted by Gasteiger charge is -2.31. The SMILES string of the molecule is Cl.O=C(OCc1ccccc1)N1CCC(COc2ccc(OC3CNC3)cc2)CC1. The third kappa shape index (κ3) is 6.28. The largest absolute Gasteiger partial charge is 0.493 e. The van der Waals surface area contributed by atoms with Crippen LogP contribution in [0.5, 0.6) is 11.5 Å². The molecule has 2 fully saturated rings. The Hall–Kier alpha value is -2.44. The quantitative estimate of drug-likeness (QED) is 0.719. The Labute approximate surface area is 183 Å². The molecule has 2 aliphatic heterocycles. The molecule has 2 aromatic rings. The normalized spacial score (nSPS) is 16.9. The molecule has 0 bridgehead atoms. The molecule has 2 aromatic carbocycles. The number of rotatable bonds is 7. The van der Waals surface area contributed by atoms with Gasteiger partial charge in [0.15, 0.2) is 0 Å². The van der Waals surface area contributed by atoms with Crippen LogP contribution < -0.4 is 14.8 Å². The molecule has 6 nitrogen and oxygen atoms in total. The van der Waals surface area contributed by atoms with Gasteiger partial charge in [-0.05, 0) is 48.6 Å². The van der Waals surface area contributed by atoms with Gasteiger partial charge in [-0.25, -0.2) is 4.79 Å². The number of hydrogen-bond acceptors (Lipinski definition) is 5. The zero-order valence-corrected chi connectivity index (χ0v) is 17.8. The van der Waals surface area contributed by atoms with Crippen molar-refractivity contribution in [2.45, 2.75) is 25.6 Å². The van der Waals surface area contributed by atoms with Crippen LogP contribution in [0.4, 0.5) is 4.79 Å².